The number of ketones is 1. The molecule has 0 bridgehead atoms. The van der Waals surface area contributed by atoms with E-state index in [0.717, 1.165) is 44.3 Å². The Balaban J connectivity index is 0.898. The molecule has 6 atom stereocenters. The number of carbonyl (C=O) groups excluding carboxylic acids is 10. The molecule has 1 aliphatic heterocycles. The van der Waals surface area contributed by atoms with Gasteiger partial charge in [0.05, 0.1) is 24.6 Å². The van der Waals surface area contributed by atoms with E-state index < -0.39 is 104 Å². The van der Waals surface area contributed by atoms with Crippen molar-refractivity contribution in [3.63, 3.8) is 0 Å². The number of carbonyl (C=O) groups is 10. The number of para-hydroxylation sites is 1. The number of likely N-dealkylation sites (tertiary alicyclic amines) is 1. The van der Waals surface area contributed by atoms with Crippen molar-refractivity contribution in [2.45, 2.75) is 172 Å². The van der Waals surface area contributed by atoms with Crippen molar-refractivity contribution in [3.05, 3.63) is 226 Å². The van der Waals surface area contributed by atoms with Gasteiger partial charge in [0.1, 0.15) is 48.7 Å². The molecule has 0 saturated carbocycles. The van der Waals surface area contributed by atoms with Crippen molar-refractivity contribution < 1.29 is 71.6 Å². The number of benzene rings is 6. The predicted octanol–water partition coefficient (Wildman–Crippen LogP) is 13.1. The standard InChI is InChI=1S/C86H100ClN9O15Si/c1-86(2,3)111-85(106)95-73(51-61-53-91-70-32-17-15-26-63(61)70)80(101)93-71(33-18-20-42-89-83(104)109-55-68-66-29-13-11-27-64(66)65-28-12-14-30-67(65)68)78(99)92-72(34-19-21-43-90-84(105)110-82(103)58-40-44-88-45-41-58)79(100)94-74(50-56-23-8-7-9-24-56)81(102)96-46-22-35-75(96)77(98)60(52-76(97)107-47-48-112(4,5)6)49-57-36-38-62(39-37-57)108-54-59-25-10-16-31-69(59)87/h7-17,23-32,36-41,44-45,53,60,68,71-75,91H,18-22,33-35,42-43,46-52,54-55H2,1-6H3,(H,89,104)(H,90,105)(H,92,99)(H,93,101)(H,94,100)(H,95,106)/t60-,71-,72-,73+,74-,75-/m0/s1. The Labute approximate surface area is 658 Å². The molecule has 6 aromatic carbocycles. The second kappa shape index (κ2) is 40.1. The Bertz CT molecular complexity index is 4530. The number of H-pyrrole nitrogens is 1. The van der Waals surface area contributed by atoms with Crippen LogP contribution in [0.3, 0.4) is 0 Å². The van der Waals surface area contributed by atoms with Gasteiger partial charge < -0.3 is 65.5 Å². The monoisotopic (exact) mass is 1560 g/mol. The van der Waals surface area contributed by atoms with Gasteiger partial charge in [0.25, 0.3) is 0 Å². The minimum atomic E-state index is -1.62. The molecular formula is C86H100ClN9O15Si. The highest BCUT2D eigenvalue weighted by Gasteiger charge is 2.42. The molecule has 7 amide bonds. The lowest BCUT2D eigenvalue weighted by molar-refractivity contribution is -0.148. The number of esters is 2. The number of ether oxygens (including phenoxy) is 5. The van der Waals surface area contributed by atoms with Crippen LogP contribution in [0.25, 0.3) is 22.0 Å². The van der Waals surface area contributed by atoms with Gasteiger partial charge in [-0.3, -0.25) is 33.8 Å². The topological polar surface area (TPSA) is 321 Å². The van der Waals surface area contributed by atoms with Gasteiger partial charge in [-0.1, -0.05) is 159 Å². The fraction of sp³-hybridized carbons (Fsp3) is 0.384. The van der Waals surface area contributed by atoms with Crippen LogP contribution in [0.2, 0.25) is 30.7 Å². The van der Waals surface area contributed by atoms with Gasteiger partial charge in [-0.15, -0.1) is 0 Å². The van der Waals surface area contributed by atoms with Gasteiger partial charge in [0.2, 0.25) is 23.6 Å². The van der Waals surface area contributed by atoms with E-state index in [9.17, 15) is 24.0 Å². The highest BCUT2D eigenvalue weighted by Crippen LogP contribution is 2.44. The summed E-state index contributed by atoms with van der Waals surface area (Å²) in [7, 11) is -1.62. The fourth-order valence-corrected chi connectivity index (χ4v) is 14.7. The van der Waals surface area contributed by atoms with Gasteiger partial charge in [-0.25, -0.2) is 19.2 Å². The van der Waals surface area contributed by atoms with Crippen LogP contribution in [-0.2, 0) is 73.6 Å². The molecule has 26 heteroatoms. The average molecular weight is 1560 g/mol. The SMILES string of the molecule is CC(C)(C)OC(=O)N[C@H](Cc1c[nH]c2ccccc12)C(=O)N[C@@H](CCCCNC(=O)OCC1c2ccccc2-c2ccccc21)C(=O)N[C@@H](CCCCNC(=O)OC(=O)c1ccncc1)C(=O)N[C@@H](Cc1ccccc1)C(=O)N1CCC[C@H]1C(=O)[C@H](CC(=O)OCC[Si](C)(C)C)Cc1ccc(OCc2ccccc2Cl)cc1. The Kier molecular flexibility index (Phi) is 29.9. The van der Waals surface area contributed by atoms with Crippen LogP contribution in [0.1, 0.15) is 128 Å². The van der Waals surface area contributed by atoms with Gasteiger partial charge in [-0.2, -0.15) is 0 Å². The lowest BCUT2D eigenvalue weighted by Crippen LogP contribution is -2.59. The zero-order valence-electron chi connectivity index (χ0n) is 64.2. The first-order valence-corrected chi connectivity index (χ1v) is 42.3. The highest BCUT2D eigenvalue weighted by molar-refractivity contribution is 6.76. The molecule has 0 unspecified atom stereocenters. The molecule has 1 aliphatic carbocycles. The second-order valence-corrected chi connectivity index (χ2v) is 36.5. The number of nitrogens with zero attached hydrogens (tertiary/aromatic N) is 2. The molecule has 10 rings (SSSR count). The zero-order chi connectivity index (χ0) is 79.7. The van der Waals surface area contributed by atoms with E-state index in [1.807, 2.05) is 103 Å². The van der Waals surface area contributed by atoms with Crippen LogP contribution in [0.5, 0.6) is 5.75 Å². The van der Waals surface area contributed by atoms with Crippen LogP contribution in [-0.4, -0.2) is 151 Å². The third-order valence-electron chi connectivity index (χ3n) is 19.6. The third kappa shape index (κ3) is 24.7. The van der Waals surface area contributed by atoms with Crippen LogP contribution in [0.15, 0.2) is 182 Å². The number of aromatic amines is 1. The number of amides is 7. The van der Waals surface area contributed by atoms with Crippen LogP contribution in [0, 0.1) is 5.92 Å². The van der Waals surface area contributed by atoms with Crippen molar-refractivity contribution in [2.75, 3.05) is 32.8 Å². The van der Waals surface area contributed by atoms with Crippen LogP contribution < -0.4 is 36.6 Å². The lowest BCUT2D eigenvalue weighted by Gasteiger charge is -2.32. The summed E-state index contributed by atoms with van der Waals surface area (Å²) in [6.07, 6.45) is 2.98. The largest absolute Gasteiger partial charge is 0.489 e. The second-order valence-electron chi connectivity index (χ2n) is 30.5. The van der Waals surface area contributed by atoms with Gasteiger partial charge in [-0.05, 0) is 160 Å². The third-order valence-corrected chi connectivity index (χ3v) is 21.7. The van der Waals surface area contributed by atoms with Gasteiger partial charge in [0, 0.05) is 92.5 Å². The van der Waals surface area contributed by atoms with Crippen LogP contribution in [0.4, 0.5) is 14.4 Å². The Morgan fingerprint density at radius 2 is 1.19 bits per heavy atom. The molecule has 0 radical (unpaired) electrons. The lowest BCUT2D eigenvalue weighted by atomic mass is 9.87. The van der Waals surface area contributed by atoms with Crippen molar-refractivity contribution in [1.82, 2.24) is 46.8 Å². The summed E-state index contributed by atoms with van der Waals surface area (Å²) in [5.74, 6) is -5.36. The Morgan fingerprint density at radius 3 is 1.84 bits per heavy atom. The van der Waals surface area contributed by atoms with E-state index in [2.05, 4.69) is 61.5 Å². The van der Waals surface area contributed by atoms with E-state index >= 15 is 24.0 Å². The summed E-state index contributed by atoms with van der Waals surface area (Å²) >= 11 is 6.41. The molecular weight excluding hydrogens is 1460 g/mol. The van der Waals surface area contributed by atoms with Crippen molar-refractivity contribution in [3.8, 4) is 16.9 Å². The van der Waals surface area contributed by atoms with E-state index in [1.54, 1.807) is 75.5 Å². The molecule has 2 aromatic heterocycles. The maximum Gasteiger partial charge on any atom is 0.415 e. The molecule has 1 fully saturated rings. The quantitative estimate of drug-likeness (QED) is 0.00625. The minimum Gasteiger partial charge on any atom is -0.489 e. The molecule has 7 N–H and O–H groups in total. The molecule has 8 aromatic rings. The number of halogens is 1. The smallest absolute Gasteiger partial charge is 0.415 e. The fourth-order valence-electron chi connectivity index (χ4n) is 13.8. The number of hydrogen-bond donors (Lipinski definition) is 7. The maximum atomic E-state index is 15.6. The van der Waals surface area contributed by atoms with Crippen LogP contribution >= 0.6 is 11.6 Å². The predicted molar refractivity (Wildman–Crippen MR) is 428 cm³/mol. The molecule has 1 saturated heterocycles. The summed E-state index contributed by atoms with van der Waals surface area (Å²) in [5, 5.41) is 18.2. The molecule has 24 nitrogen and oxygen atoms in total. The molecule has 2 aliphatic rings. The summed E-state index contributed by atoms with van der Waals surface area (Å²) in [6.45, 7) is 12.2. The van der Waals surface area contributed by atoms with E-state index in [4.69, 9.17) is 35.3 Å². The number of Topliss-reactive ketones (excluding diaryl/α,β-unsaturated/α-hetero) is 1. The summed E-state index contributed by atoms with van der Waals surface area (Å²) in [5.41, 5.74) is 7.01. The minimum absolute atomic E-state index is 0.0448. The summed E-state index contributed by atoms with van der Waals surface area (Å²) < 4.78 is 28.3. The van der Waals surface area contributed by atoms with E-state index in [-0.39, 0.29) is 127 Å². The normalized spacial score (nSPS) is 14.5. The van der Waals surface area contributed by atoms with E-state index in [0.29, 0.717) is 34.4 Å². The molecule has 112 heavy (non-hydrogen) atoms. The first kappa shape index (κ1) is 83.3. The zero-order valence-corrected chi connectivity index (χ0v) is 65.9. The first-order chi connectivity index (χ1) is 53.8. The summed E-state index contributed by atoms with van der Waals surface area (Å²) in [6, 6.07) is 43.9. The average Bonchev–Trinajstić information content (AvgIpc) is 1.61. The van der Waals surface area contributed by atoms with Crippen molar-refractivity contribution >= 4 is 90.2 Å². The maximum absolute atomic E-state index is 15.6. The number of nitrogens with one attached hydrogen (secondary N) is 7. The van der Waals surface area contributed by atoms with E-state index in [1.165, 1.54) is 29.4 Å². The highest BCUT2D eigenvalue weighted by atomic mass is 35.5. The number of aromatic nitrogens is 2. The van der Waals surface area contributed by atoms with Gasteiger partial charge in [0.15, 0.2) is 5.78 Å². The number of pyridine rings is 1. The van der Waals surface area contributed by atoms with Crippen molar-refractivity contribution in [1.29, 1.82) is 0 Å². The number of fused-ring (bicyclic) bond motifs is 4. The Morgan fingerprint density at radius 1 is 0.598 bits per heavy atom. The number of unbranched alkanes of at least 4 members (excludes halogenated alkanes) is 2. The molecule has 3 heterocycles. The van der Waals surface area contributed by atoms with Gasteiger partial charge >= 0.3 is 30.2 Å². The number of rotatable bonds is 37. The number of hydrogen-bond acceptors (Lipinski definition) is 16. The summed E-state index contributed by atoms with van der Waals surface area (Å²) in [4.78, 5) is 152. The molecule has 0 spiro atoms. The Hall–Kier alpha value is -11.2. The molecule has 590 valence electrons. The number of alkyl carbamates (subject to hydrolysis) is 3. The first-order valence-electron chi connectivity index (χ1n) is 38.3. The van der Waals surface area contributed by atoms with Crippen molar-refractivity contribution in [2.24, 2.45) is 5.92 Å².